The number of halogens is 1. The van der Waals surface area contributed by atoms with E-state index < -0.39 is 10.0 Å². The number of benzene rings is 1. The minimum atomic E-state index is -3.59. The molecule has 0 saturated heterocycles. The maximum atomic E-state index is 12.4. The fraction of sp³-hybridized carbons (Fsp3) is 0.308. The van der Waals surface area contributed by atoms with Crippen LogP contribution in [0.25, 0.3) is 0 Å². The average molecular weight is 358 g/mol. The number of hydrogen-bond donors (Lipinski definition) is 2. The summed E-state index contributed by atoms with van der Waals surface area (Å²) in [4.78, 5) is 0.224. The zero-order valence-corrected chi connectivity index (χ0v) is 13.8. The van der Waals surface area contributed by atoms with Crippen molar-refractivity contribution in [2.45, 2.75) is 31.7 Å². The fourth-order valence-electron chi connectivity index (χ4n) is 2.05. The van der Waals surface area contributed by atoms with Crippen molar-refractivity contribution in [1.82, 2.24) is 14.9 Å². The van der Waals surface area contributed by atoms with Gasteiger partial charge in [-0.2, -0.15) is 5.10 Å². The third-order valence-electron chi connectivity index (χ3n) is 3.03. The summed E-state index contributed by atoms with van der Waals surface area (Å²) in [5.74, 6) is 0. The second-order valence-electron chi connectivity index (χ2n) is 4.66. The van der Waals surface area contributed by atoms with E-state index >= 15 is 0 Å². The SMILES string of the molecule is Cc1n[nH]c(C)c1S(=O)(=O)NC(C)c1ccc(Br)cc1. The van der Waals surface area contributed by atoms with E-state index in [-0.39, 0.29) is 10.9 Å². The summed E-state index contributed by atoms with van der Waals surface area (Å²) in [5.41, 5.74) is 1.91. The van der Waals surface area contributed by atoms with Crippen LogP contribution in [0.1, 0.15) is 29.9 Å². The molecule has 0 aliphatic heterocycles. The molecule has 1 aromatic carbocycles. The predicted octanol–water partition coefficient (Wildman–Crippen LogP) is 2.83. The van der Waals surface area contributed by atoms with Gasteiger partial charge < -0.3 is 0 Å². The number of rotatable bonds is 4. The molecule has 108 valence electrons. The Bertz CT molecular complexity index is 688. The summed E-state index contributed by atoms with van der Waals surface area (Å²) in [6, 6.07) is 7.21. The van der Waals surface area contributed by atoms with Gasteiger partial charge in [0.05, 0.1) is 11.4 Å². The molecule has 1 unspecified atom stereocenters. The topological polar surface area (TPSA) is 74.8 Å². The highest BCUT2D eigenvalue weighted by atomic mass is 79.9. The number of aromatic nitrogens is 2. The van der Waals surface area contributed by atoms with Crippen LogP contribution in [0.3, 0.4) is 0 Å². The van der Waals surface area contributed by atoms with Crippen molar-refractivity contribution in [1.29, 1.82) is 0 Å². The van der Waals surface area contributed by atoms with Crippen molar-refractivity contribution in [2.75, 3.05) is 0 Å². The van der Waals surface area contributed by atoms with Crippen molar-refractivity contribution in [3.05, 3.63) is 45.7 Å². The number of H-pyrrole nitrogens is 1. The van der Waals surface area contributed by atoms with Crippen LogP contribution in [0, 0.1) is 13.8 Å². The summed E-state index contributed by atoms with van der Waals surface area (Å²) in [6.07, 6.45) is 0. The molecule has 7 heteroatoms. The lowest BCUT2D eigenvalue weighted by Crippen LogP contribution is -2.27. The van der Waals surface area contributed by atoms with Crippen molar-refractivity contribution in [3.63, 3.8) is 0 Å². The van der Waals surface area contributed by atoms with Crippen LogP contribution < -0.4 is 4.72 Å². The number of nitrogens with zero attached hydrogens (tertiary/aromatic N) is 1. The maximum Gasteiger partial charge on any atom is 0.244 e. The highest BCUT2D eigenvalue weighted by Crippen LogP contribution is 2.21. The van der Waals surface area contributed by atoms with E-state index in [4.69, 9.17) is 0 Å². The van der Waals surface area contributed by atoms with Gasteiger partial charge in [0.15, 0.2) is 0 Å². The number of aromatic amines is 1. The molecule has 2 aromatic rings. The Balaban J connectivity index is 2.27. The summed E-state index contributed by atoms with van der Waals surface area (Å²) in [7, 11) is -3.59. The molecule has 0 bridgehead atoms. The molecule has 2 rings (SSSR count). The lowest BCUT2D eigenvalue weighted by molar-refractivity contribution is 0.566. The van der Waals surface area contributed by atoms with E-state index in [1.165, 1.54) is 0 Å². The van der Waals surface area contributed by atoms with Gasteiger partial charge in [0, 0.05) is 10.5 Å². The zero-order valence-electron chi connectivity index (χ0n) is 11.4. The van der Waals surface area contributed by atoms with Crippen molar-refractivity contribution in [3.8, 4) is 0 Å². The van der Waals surface area contributed by atoms with Gasteiger partial charge >= 0.3 is 0 Å². The van der Waals surface area contributed by atoms with E-state index in [0.29, 0.717) is 11.4 Å². The molecule has 0 aliphatic carbocycles. The van der Waals surface area contributed by atoms with E-state index in [1.54, 1.807) is 13.8 Å². The molecule has 0 spiro atoms. The summed E-state index contributed by atoms with van der Waals surface area (Å²) >= 11 is 3.36. The molecule has 1 atom stereocenters. The monoisotopic (exact) mass is 357 g/mol. The molecule has 0 amide bonds. The molecule has 0 aliphatic rings. The molecule has 0 fully saturated rings. The van der Waals surface area contributed by atoms with Gasteiger partial charge in [-0.15, -0.1) is 0 Å². The third kappa shape index (κ3) is 3.11. The van der Waals surface area contributed by atoms with Crippen molar-refractivity contribution < 1.29 is 8.42 Å². The highest BCUT2D eigenvalue weighted by molar-refractivity contribution is 9.10. The molecule has 0 saturated carbocycles. The van der Waals surface area contributed by atoms with Crippen LogP contribution in [-0.2, 0) is 10.0 Å². The van der Waals surface area contributed by atoms with Gasteiger partial charge in [0.2, 0.25) is 10.0 Å². The second kappa shape index (κ2) is 5.67. The Labute approximate surface area is 127 Å². The largest absolute Gasteiger partial charge is 0.281 e. The molecular weight excluding hydrogens is 342 g/mol. The number of sulfonamides is 1. The van der Waals surface area contributed by atoms with Crippen molar-refractivity contribution >= 4 is 26.0 Å². The van der Waals surface area contributed by atoms with Crippen LogP contribution in [0.5, 0.6) is 0 Å². The quantitative estimate of drug-likeness (QED) is 0.883. The van der Waals surface area contributed by atoms with Crippen LogP contribution >= 0.6 is 15.9 Å². The minimum absolute atomic E-state index is 0.224. The first-order chi connectivity index (χ1) is 9.31. The molecule has 5 nitrogen and oxygen atoms in total. The molecule has 20 heavy (non-hydrogen) atoms. The average Bonchev–Trinajstić information content (AvgIpc) is 2.69. The van der Waals surface area contributed by atoms with Crippen LogP contribution in [-0.4, -0.2) is 18.6 Å². The predicted molar refractivity (Wildman–Crippen MR) is 80.9 cm³/mol. The lowest BCUT2D eigenvalue weighted by atomic mass is 10.1. The number of nitrogens with one attached hydrogen (secondary N) is 2. The molecule has 1 aromatic heterocycles. The van der Waals surface area contributed by atoms with Crippen LogP contribution in [0.2, 0.25) is 0 Å². The molecule has 1 heterocycles. The van der Waals surface area contributed by atoms with Gasteiger partial charge in [0.1, 0.15) is 4.90 Å². The molecular formula is C13H16BrN3O2S. The first-order valence-corrected chi connectivity index (χ1v) is 8.38. The highest BCUT2D eigenvalue weighted by Gasteiger charge is 2.24. The summed E-state index contributed by atoms with van der Waals surface area (Å²) in [6.45, 7) is 5.17. The molecule has 2 N–H and O–H groups in total. The fourth-order valence-corrected chi connectivity index (χ4v) is 3.91. The van der Waals surface area contributed by atoms with Crippen LogP contribution in [0.4, 0.5) is 0 Å². The Morgan fingerprint density at radius 2 is 1.85 bits per heavy atom. The van der Waals surface area contributed by atoms with Gasteiger partial charge in [-0.3, -0.25) is 5.10 Å². The number of hydrogen-bond acceptors (Lipinski definition) is 3. The lowest BCUT2D eigenvalue weighted by Gasteiger charge is -2.15. The first-order valence-electron chi connectivity index (χ1n) is 6.10. The standard InChI is InChI=1S/C13H16BrN3O2S/c1-8(11-4-6-12(14)7-5-11)17-20(18,19)13-9(2)15-16-10(13)3/h4-8,17H,1-3H3,(H,15,16). The van der Waals surface area contributed by atoms with Crippen molar-refractivity contribution in [2.24, 2.45) is 0 Å². The third-order valence-corrected chi connectivity index (χ3v) is 5.36. The smallest absolute Gasteiger partial charge is 0.244 e. The number of aryl methyl sites for hydroxylation is 2. The van der Waals surface area contributed by atoms with E-state index in [1.807, 2.05) is 31.2 Å². The Kier molecular flexibility index (Phi) is 4.31. The Morgan fingerprint density at radius 3 is 2.35 bits per heavy atom. The van der Waals surface area contributed by atoms with E-state index in [9.17, 15) is 8.42 Å². The summed E-state index contributed by atoms with van der Waals surface area (Å²) < 4.78 is 28.4. The van der Waals surface area contributed by atoms with Gasteiger partial charge in [-0.25, -0.2) is 13.1 Å². The maximum absolute atomic E-state index is 12.4. The second-order valence-corrected chi connectivity index (χ2v) is 7.22. The van der Waals surface area contributed by atoms with Gasteiger partial charge in [-0.05, 0) is 38.5 Å². The van der Waals surface area contributed by atoms with E-state index in [2.05, 4.69) is 30.8 Å². The Morgan fingerprint density at radius 1 is 1.25 bits per heavy atom. The van der Waals surface area contributed by atoms with Gasteiger partial charge in [0.25, 0.3) is 0 Å². The molecule has 0 radical (unpaired) electrons. The van der Waals surface area contributed by atoms with Gasteiger partial charge in [-0.1, -0.05) is 28.1 Å². The van der Waals surface area contributed by atoms with E-state index in [0.717, 1.165) is 10.0 Å². The summed E-state index contributed by atoms with van der Waals surface area (Å²) in [5, 5.41) is 6.61. The normalized spacial score (nSPS) is 13.4. The zero-order chi connectivity index (χ0) is 14.9. The first kappa shape index (κ1) is 15.2. The Hall–Kier alpha value is -1.18. The minimum Gasteiger partial charge on any atom is -0.281 e. The van der Waals surface area contributed by atoms with Crippen LogP contribution in [0.15, 0.2) is 33.6 Å².